The van der Waals surface area contributed by atoms with Gasteiger partial charge in [-0.05, 0) is 34.9 Å². The number of ether oxygens (including phenoxy) is 2. The predicted octanol–water partition coefficient (Wildman–Crippen LogP) is 4.27. The second-order valence-corrected chi connectivity index (χ2v) is 7.60. The van der Waals surface area contributed by atoms with E-state index >= 15 is 0 Å². The molecule has 5 heteroatoms. The normalized spacial score (nSPS) is 18.8. The van der Waals surface area contributed by atoms with Crippen LogP contribution < -0.4 is 0 Å². The van der Waals surface area contributed by atoms with E-state index in [0.29, 0.717) is 17.7 Å². The van der Waals surface area contributed by atoms with Crippen LogP contribution in [0, 0.1) is 11.3 Å². The van der Waals surface area contributed by atoms with E-state index in [1.165, 1.54) is 0 Å². The van der Waals surface area contributed by atoms with Gasteiger partial charge in [0.25, 0.3) is 0 Å². The average molecular weight is 425 g/mol. The van der Waals surface area contributed by atoms with Gasteiger partial charge in [-0.2, -0.15) is 5.26 Å². The lowest BCUT2D eigenvalue weighted by molar-refractivity contribution is -0.135. The monoisotopic (exact) mass is 425 g/mol. The van der Waals surface area contributed by atoms with E-state index in [2.05, 4.69) is 0 Å². The van der Waals surface area contributed by atoms with Crippen LogP contribution in [0.1, 0.15) is 28.4 Å². The number of nitriles is 1. The SMILES string of the molecule is N#Cc1ccc(C(O)C2=C[C@H](OCc3ccccc3)[C@@H](OCc3ccccc3)C2=O)cc1. The van der Waals surface area contributed by atoms with Gasteiger partial charge in [-0.1, -0.05) is 72.8 Å². The summed E-state index contributed by atoms with van der Waals surface area (Å²) in [6.45, 7) is 0.581. The molecule has 0 aliphatic heterocycles. The first-order valence-corrected chi connectivity index (χ1v) is 10.4. The molecule has 32 heavy (non-hydrogen) atoms. The van der Waals surface area contributed by atoms with Gasteiger partial charge in [0.15, 0.2) is 11.9 Å². The Morgan fingerprint density at radius 1 is 0.844 bits per heavy atom. The van der Waals surface area contributed by atoms with E-state index in [-0.39, 0.29) is 18.0 Å². The fourth-order valence-corrected chi connectivity index (χ4v) is 3.64. The Balaban J connectivity index is 1.53. The fourth-order valence-electron chi connectivity index (χ4n) is 3.64. The number of carbonyl (C=O) groups is 1. The molecule has 0 spiro atoms. The highest BCUT2D eigenvalue weighted by Gasteiger charge is 2.40. The van der Waals surface area contributed by atoms with Crippen molar-refractivity contribution in [2.24, 2.45) is 0 Å². The molecule has 0 saturated heterocycles. The van der Waals surface area contributed by atoms with Crippen LogP contribution >= 0.6 is 0 Å². The molecule has 0 fully saturated rings. The van der Waals surface area contributed by atoms with Crippen LogP contribution in [-0.2, 0) is 27.5 Å². The molecule has 1 aliphatic rings. The fraction of sp³-hybridized carbons (Fsp3) is 0.185. The number of benzene rings is 3. The van der Waals surface area contributed by atoms with Crippen molar-refractivity contribution in [1.82, 2.24) is 0 Å². The number of Topliss-reactive ketones (excluding diaryl/α,β-unsaturated/α-hetero) is 1. The Morgan fingerprint density at radius 3 is 1.97 bits per heavy atom. The van der Waals surface area contributed by atoms with E-state index in [1.54, 1.807) is 30.3 Å². The summed E-state index contributed by atoms with van der Waals surface area (Å²) in [5.41, 5.74) is 3.19. The lowest BCUT2D eigenvalue weighted by Crippen LogP contribution is -2.33. The van der Waals surface area contributed by atoms with Gasteiger partial charge in [0, 0.05) is 5.57 Å². The number of hydrogen-bond acceptors (Lipinski definition) is 5. The predicted molar refractivity (Wildman–Crippen MR) is 119 cm³/mol. The lowest BCUT2D eigenvalue weighted by atomic mass is 9.99. The summed E-state index contributed by atoms with van der Waals surface area (Å²) < 4.78 is 12.0. The van der Waals surface area contributed by atoms with Gasteiger partial charge in [0.2, 0.25) is 0 Å². The quantitative estimate of drug-likeness (QED) is 0.583. The van der Waals surface area contributed by atoms with E-state index in [9.17, 15) is 9.90 Å². The Morgan fingerprint density at radius 2 is 1.41 bits per heavy atom. The largest absolute Gasteiger partial charge is 0.384 e. The maximum atomic E-state index is 13.2. The number of rotatable bonds is 8. The summed E-state index contributed by atoms with van der Waals surface area (Å²) in [4.78, 5) is 13.2. The van der Waals surface area contributed by atoms with Crippen molar-refractivity contribution < 1.29 is 19.4 Å². The highest BCUT2D eigenvalue weighted by atomic mass is 16.5. The first-order chi connectivity index (χ1) is 15.7. The van der Waals surface area contributed by atoms with E-state index in [4.69, 9.17) is 14.7 Å². The Hall–Kier alpha value is -3.56. The number of aliphatic hydroxyl groups excluding tert-OH is 1. The van der Waals surface area contributed by atoms with E-state index in [0.717, 1.165) is 11.1 Å². The van der Waals surface area contributed by atoms with Crippen molar-refractivity contribution in [3.63, 3.8) is 0 Å². The number of nitrogens with zero attached hydrogens (tertiary/aromatic N) is 1. The van der Waals surface area contributed by atoms with Crippen molar-refractivity contribution in [3.8, 4) is 6.07 Å². The molecule has 0 radical (unpaired) electrons. The Kier molecular flexibility index (Phi) is 6.88. The van der Waals surface area contributed by atoms with Gasteiger partial charge in [-0.15, -0.1) is 0 Å². The third-order valence-corrected chi connectivity index (χ3v) is 5.39. The molecule has 3 aromatic carbocycles. The van der Waals surface area contributed by atoms with Crippen molar-refractivity contribution in [2.45, 2.75) is 31.5 Å². The Labute approximate surface area is 187 Å². The van der Waals surface area contributed by atoms with Gasteiger partial charge < -0.3 is 14.6 Å². The second kappa shape index (κ2) is 10.2. The molecule has 0 heterocycles. The van der Waals surface area contributed by atoms with E-state index < -0.39 is 18.3 Å². The first kappa shape index (κ1) is 21.7. The summed E-state index contributed by atoms with van der Waals surface area (Å²) in [7, 11) is 0. The third-order valence-electron chi connectivity index (χ3n) is 5.39. The van der Waals surface area contributed by atoms with Crippen molar-refractivity contribution in [1.29, 1.82) is 5.26 Å². The molecule has 0 aromatic heterocycles. The van der Waals surface area contributed by atoms with Crippen LogP contribution in [0.4, 0.5) is 0 Å². The number of hydrogen-bond donors (Lipinski definition) is 1. The summed E-state index contributed by atoms with van der Waals surface area (Å²) >= 11 is 0. The topological polar surface area (TPSA) is 79.6 Å². The maximum absolute atomic E-state index is 13.2. The molecule has 160 valence electrons. The van der Waals surface area contributed by atoms with Crippen molar-refractivity contribution >= 4 is 5.78 Å². The summed E-state index contributed by atoms with van der Waals surface area (Å²) in [5.74, 6) is -0.296. The number of aliphatic hydroxyl groups is 1. The zero-order valence-electron chi connectivity index (χ0n) is 17.4. The van der Waals surface area contributed by atoms with Gasteiger partial charge in [0.1, 0.15) is 12.2 Å². The molecule has 4 rings (SSSR count). The minimum absolute atomic E-state index is 0.242. The summed E-state index contributed by atoms with van der Waals surface area (Å²) in [5, 5.41) is 19.9. The van der Waals surface area contributed by atoms with Crippen LogP contribution in [0.25, 0.3) is 0 Å². The first-order valence-electron chi connectivity index (χ1n) is 10.4. The van der Waals surface area contributed by atoms with Crippen molar-refractivity contribution in [3.05, 3.63) is 119 Å². The number of carbonyl (C=O) groups excluding carboxylic acids is 1. The van der Waals surface area contributed by atoms with Gasteiger partial charge >= 0.3 is 0 Å². The second-order valence-electron chi connectivity index (χ2n) is 7.60. The van der Waals surface area contributed by atoms with Crippen LogP contribution in [0.2, 0.25) is 0 Å². The molecule has 0 bridgehead atoms. The zero-order valence-corrected chi connectivity index (χ0v) is 17.4. The molecule has 0 amide bonds. The summed E-state index contributed by atoms with van der Waals surface area (Å²) in [6, 6.07) is 27.9. The lowest BCUT2D eigenvalue weighted by Gasteiger charge is -2.20. The highest BCUT2D eigenvalue weighted by Crippen LogP contribution is 2.32. The smallest absolute Gasteiger partial charge is 0.193 e. The van der Waals surface area contributed by atoms with E-state index in [1.807, 2.05) is 66.7 Å². The van der Waals surface area contributed by atoms with Crippen molar-refractivity contribution in [2.75, 3.05) is 0 Å². The van der Waals surface area contributed by atoms with Gasteiger partial charge in [-0.25, -0.2) is 0 Å². The summed E-state index contributed by atoms with van der Waals surface area (Å²) in [6.07, 6.45) is -0.927. The van der Waals surface area contributed by atoms with Gasteiger partial charge in [0.05, 0.1) is 24.8 Å². The highest BCUT2D eigenvalue weighted by molar-refractivity contribution is 6.03. The van der Waals surface area contributed by atoms with Gasteiger partial charge in [-0.3, -0.25) is 4.79 Å². The zero-order chi connectivity index (χ0) is 22.3. The third kappa shape index (κ3) is 5.01. The number of ketones is 1. The standard InChI is InChI=1S/C27H23NO4/c28-16-19-11-13-22(14-12-19)25(29)23-15-24(31-17-20-7-3-1-4-8-20)27(26(23)30)32-18-21-9-5-2-6-10-21/h1-15,24-25,27,29H,17-18H2/t24-,25?,27+/m0/s1. The molecule has 3 aromatic rings. The van der Waals surface area contributed by atoms with Crippen LogP contribution in [0.3, 0.4) is 0 Å². The van der Waals surface area contributed by atoms with Crippen LogP contribution in [0.5, 0.6) is 0 Å². The molecule has 1 aliphatic carbocycles. The minimum Gasteiger partial charge on any atom is -0.384 e. The Bertz CT molecular complexity index is 1120. The molecule has 0 saturated carbocycles. The minimum atomic E-state index is -1.12. The van der Waals surface area contributed by atoms with Crippen LogP contribution in [0.15, 0.2) is 96.6 Å². The molecule has 1 N–H and O–H groups in total. The average Bonchev–Trinajstić information content (AvgIpc) is 3.17. The molecular weight excluding hydrogens is 402 g/mol. The molecule has 1 unspecified atom stereocenters. The molecule has 3 atom stereocenters. The van der Waals surface area contributed by atoms with Crippen LogP contribution in [-0.4, -0.2) is 23.1 Å². The molecule has 5 nitrogen and oxygen atoms in total. The molecular formula is C27H23NO4. The maximum Gasteiger partial charge on any atom is 0.193 e.